The van der Waals surface area contributed by atoms with Crippen LogP contribution in [0.15, 0.2) is 12.1 Å². The van der Waals surface area contributed by atoms with Gasteiger partial charge in [-0.15, -0.1) is 0 Å². The van der Waals surface area contributed by atoms with E-state index in [1.165, 1.54) is 0 Å². The Hall–Kier alpha value is -1.43. The number of benzene rings is 1. The predicted molar refractivity (Wildman–Crippen MR) is 80.1 cm³/mol. The minimum atomic E-state index is -1.24. The van der Waals surface area contributed by atoms with Crippen molar-refractivity contribution in [3.05, 3.63) is 35.1 Å². The van der Waals surface area contributed by atoms with Crippen molar-refractivity contribution >= 4 is 13.9 Å². The van der Waals surface area contributed by atoms with E-state index in [-0.39, 0.29) is 19.4 Å². The molecule has 1 aliphatic heterocycles. The first-order valence-corrected chi connectivity index (χ1v) is 8.23. The van der Waals surface area contributed by atoms with E-state index in [1.54, 1.807) is 0 Å². The van der Waals surface area contributed by atoms with E-state index in [0.717, 1.165) is 0 Å². The SMILES string of the molecule is C#[P+]COCC1(CC(=O)NCc2c(F)cc(F)cc2F)OCCO1. The van der Waals surface area contributed by atoms with Crippen LogP contribution in [0.4, 0.5) is 13.2 Å². The summed E-state index contributed by atoms with van der Waals surface area (Å²) in [5, 5.41) is 2.36. The summed E-state index contributed by atoms with van der Waals surface area (Å²) in [6.45, 7) is 0.190. The van der Waals surface area contributed by atoms with E-state index >= 15 is 0 Å². The summed E-state index contributed by atoms with van der Waals surface area (Å²) in [6.07, 6.45) is 5.34. The van der Waals surface area contributed by atoms with Gasteiger partial charge >= 0.3 is 133 Å². The summed E-state index contributed by atoms with van der Waals surface area (Å²) < 4.78 is 56.0. The third kappa shape index (κ3) is 5.03. The van der Waals surface area contributed by atoms with Crippen LogP contribution in [0.2, 0.25) is 0 Å². The van der Waals surface area contributed by atoms with Crippen LogP contribution in [0.1, 0.15) is 12.0 Å². The fourth-order valence-corrected chi connectivity index (χ4v) is 2.42. The second-order valence-electron chi connectivity index (χ2n) is 5.07. The molecule has 1 aromatic carbocycles. The topological polar surface area (TPSA) is 56.8 Å². The first kappa shape index (κ1) is 18.9. The van der Waals surface area contributed by atoms with Crippen LogP contribution in [-0.2, 0) is 25.5 Å². The van der Waals surface area contributed by atoms with Crippen molar-refractivity contribution in [3.63, 3.8) is 0 Å². The summed E-state index contributed by atoms with van der Waals surface area (Å²) in [6, 6.07) is 1.10. The third-order valence-corrected chi connectivity index (χ3v) is 3.63. The summed E-state index contributed by atoms with van der Waals surface area (Å²) in [5.41, 5.74) is -0.426. The van der Waals surface area contributed by atoms with Crippen LogP contribution in [0, 0.1) is 23.6 Å². The van der Waals surface area contributed by atoms with Gasteiger partial charge in [0.1, 0.15) is 0 Å². The standard InChI is InChI=1S/C15H15F3NO4P/c1-24-9-21-8-15(22-2-3-23-15)6-14(20)19-7-11-12(17)4-10(16)5-13(11)18/h1,4-5H,2-3,6-9H2/p+1. The van der Waals surface area contributed by atoms with Gasteiger partial charge in [0, 0.05) is 0 Å². The molecule has 130 valence electrons. The van der Waals surface area contributed by atoms with Crippen LogP contribution in [-0.4, -0.2) is 37.9 Å². The molecule has 5 nitrogen and oxygen atoms in total. The molecule has 1 heterocycles. The number of carbonyl (C=O) groups excluding carboxylic acids is 1. The molecule has 9 heteroatoms. The molecule has 0 bridgehead atoms. The minimum absolute atomic E-state index is 0.00386. The normalized spacial score (nSPS) is 16.1. The summed E-state index contributed by atoms with van der Waals surface area (Å²) in [4.78, 5) is 12.0. The molecular weight excluding hydrogens is 346 g/mol. The molecule has 1 aromatic rings. The van der Waals surface area contributed by atoms with E-state index in [2.05, 4.69) is 5.32 Å². The zero-order valence-corrected chi connectivity index (χ0v) is 13.6. The van der Waals surface area contributed by atoms with E-state index in [4.69, 9.17) is 20.3 Å². The molecule has 0 atom stereocenters. The first-order chi connectivity index (χ1) is 11.5. The second kappa shape index (κ2) is 8.60. The number of carbonyl (C=O) groups is 1. The molecule has 1 saturated heterocycles. The molecule has 0 unspecified atom stereocenters. The fourth-order valence-electron chi connectivity index (χ4n) is 2.22. The number of rotatable bonds is 7. The van der Waals surface area contributed by atoms with Crippen molar-refractivity contribution in [3.8, 4) is 6.13 Å². The number of amides is 1. The Kier molecular flexibility index (Phi) is 6.78. The zero-order valence-electron chi connectivity index (χ0n) is 12.7. The predicted octanol–water partition coefficient (Wildman–Crippen LogP) is 2.36. The van der Waals surface area contributed by atoms with Crippen molar-refractivity contribution < 1.29 is 32.2 Å². The van der Waals surface area contributed by atoms with Gasteiger partial charge in [-0.05, 0) is 0 Å². The average Bonchev–Trinajstić information content (AvgIpc) is 2.95. The van der Waals surface area contributed by atoms with E-state index in [0.29, 0.717) is 33.4 Å². The molecule has 1 fully saturated rings. The molecule has 24 heavy (non-hydrogen) atoms. The Morgan fingerprint density at radius 1 is 1.29 bits per heavy atom. The number of hydrogen-bond donors (Lipinski definition) is 1. The zero-order chi connectivity index (χ0) is 17.6. The van der Waals surface area contributed by atoms with Gasteiger partial charge < -0.3 is 0 Å². The van der Waals surface area contributed by atoms with Crippen molar-refractivity contribution in [1.82, 2.24) is 5.32 Å². The molecule has 1 aliphatic rings. The van der Waals surface area contributed by atoms with E-state index in [1.807, 2.05) is 0 Å². The fraction of sp³-hybridized carbons (Fsp3) is 0.467. The van der Waals surface area contributed by atoms with Crippen molar-refractivity contribution in [2.75, 3.05) is 26.2 Å². The summed E-state index contributed by atoms with van der Waals surface area (Å²) in [5.74, 6) is -4.95. The van der Waals surface area contributed by atoms with Crippen LogP contribution >= 0.6 is 8.04 Å². The Balaban J connectivity index is 1.93. The van der Waals surface area contributed by atoms with Gasteiger partial charge in [0.05, 0.1) is 0 Å². The quantitative estimate of drug-likeness (QED) is 0.598. The maximum atomic E-state index is 13.5. The first-order valence-electron chi connectivity index (χ1n) is 7.08. The molecule has 0 aromatic heterocycles. The van der Waals surface area contributed by atoms with E-state index in [9.17, 15) is 18.0 Å². The van der Waals surface area contributed by atoms with Crippen LogP contribution in [0.5, 0.6) is 0 Å². The third-order valence-electron chi connectivity index (χ3n) is 3.30. The Morgan fingerprint density at radius 3 is 2.50 bits per heavy atom. The van der Waals surface area contributed by atoms with Crippen molar-refractivity contribution in [2.45, 2.75) is 18.8 Å². The monoisotopic (exact) mass is 362 g/mol. The van der Waals surface area contributed by atoms with Gasteiger partial charge in [-0.3, -0.25) is 0 Å². The number of halogens is 3. The van der Waals surface area contributed by atoms with E-state index < -0.39 is 41.3 Å². The van der Waals surface area contributed by atoms with Gasteiger partial charge in [-0.1, -0.05) is 0 Å². The molecule has 0 aliphatic carbocycles. The Morgan fingerprint density at radius 2 is 1.92 bits per heavy atom. The van der Waals surface area contributed by atoms with Gasteiger partial charge in [-0.2, -0.15) is 0 Å². The van der Waals surface area contributed by atoms with Gasteiger partial charge in [0.25, 0.3) is 0 Å². The van der Waals surface area contributed by atoms with Crippen LogP contribution in [0.25, 0.3) is 0 Å². The van der Waals surface area contributed by atoms with Crippen molar-refractivity contribution in [2.24, 2.45) is 0 Å². The van der Waals surface area contributed by atoms with Crippen LogP contribution < -0.4 is 5.32 Å². The Bertz CT molecular complexity index is 621. The van der Waals surface area contributed by atoms with Gasteiger partial charge in [-0.25, -0.2) is 4.39 Å². The number of hydrogen-bond acceptors (Lipinski definition) is 4. The average molecular weight is 362 g/mol. The van der Waals surface area contributed by atoms with Gasteiger partial charge in [0.15, 0.2) is 0 Å². The molecule has 1 N–H and O–H groups in total. The molecule has 0 spiro atoms. The molecular formula is C15H16F3NO4P+. The Labute approximate surface area is 138 Å². The van der Waals surface area contributed by atoms with Crippen LogP contribution in [0.3, 0.4) is 0 Å². The number of ether oxygens (including phenoxy) is 3. The summed E-state index contributed by atoms with van der Waals surface area (Å²) >= 11 is 0. The molecule has 0 saturated carbocycles. The van der Waals surface area contributed by atoms with Gasteiger partial charge in [0.2, 0.25) is 0 Å². The number of nitrogens with one attached hydrogen (secondary N) is 1. The maximum absolute atomic E-state index is 13.5. The molecule has 2 rings (SSSR count). The van der Waals surface area contributed by atoms with Crippen molar-refractivity contribution in [1.29, 1.82) is 0 Å². The molecule has 0 radical (unpaired) electrons. The second-order valence-corrected chi connectivity index (χ2v) is 5.69. The molecule has 1 amide bonds. The summed E-state index contributed by atoms with van der Waals surface area (Å²) in [7, 11) is 0.529.